The summed E-state index contributed by atoms with van der Waals surface area (Å²) in [7, 11) is 0. The maximum atomic E-state index is 15.6. The molecule has 0 aliphatic carbocycles. The van der Waals surface area contributed by atoms with E-state index in [0.717, 1.165) is 23.9 Å². The van der Waals surface area contributed by atoms with E-state index in [4.69, 9.17) is 14.6 Å². The van der Waals surface area contributed by atoms with Crippen molar-refractivity contribution in [3.8, 4) is 28.8 Å². The fourth-order valence-corrected chi connectivity index (χ4v) is 7.18. The van der Waals surface area contributed by atoms with Gasteiger partial charge in [-0.25, -0.2) is 0 Å². The number of likely N-dealkylation sites (tertiary alicyclic amines) is 1. The molecule has 2 saturated heterocycles. The van der Waals surface area contributed by atoms with Crippen molar-refractivity contribution in [3.63, 3.8) is 0 Å². The predicted molar refractivity (Wildman–Crippen MR) is 175 cm³/mol. The summed E-state index contributed by atoms with van der Waals surface area (Å²) in [5.74, 6) is 0.223. The number of carbonyl (C=O) groups is 1. The van der Waals surface area contributed by atoms with Crippen LogP contribution in [0.25, 0.3) is 22.3 Å². The second kappa shape index (κ2) is 13.3. The Kier molecular flexibility index (Phi) is 9.23. The molecule has 2 aliphatic rings. The minimum atomic E-state index is -0.506. The van der Waals surface area contributed by atoms with Crippen LogP contribution in [-0.2, 0) is 16.1 Å². The van der Waals surface area contributed by atoms with Gasteiger partial charge in [-0.2, -0.15) is 0 Å². The molecule has 4 aromatic rings. The molecule has 12 heteroatoms. The molecule has 6 rings (SSSR count). The summed E-state index contributed by atoms with van der Waals surface area (Å²) in [5, 5.41) is 15.6. The number of carbonyl (C=O) groups excluding carboxylic acids is 1. The van der Waals surface area contributed by atoms with Crippen LogP contribution in [0.2, 0.25) is 0 Å². The fraction of sp³-hybridized carbons (Fsp3) is 0.382. The van der Waals surface area contributed by atoms with Crippen LogP contribution >= 0.6 is 0 Å². The number of aromatic nitrogens is 4. The van der Waals surface area contributed by atoms with E-state index < -0.39 is 11.4 Å². The van der Waals surface area contributed by atoms with E-state index in [1.807, 2.05) is 44.2 Å². The zero-order chi connectivity index (χ0) is 32.4. The van der Waals surface area contributed by atoms with Gasteiger partial charge in [-0.3, -0.25) is 0 Å². The molecule has 0 bridgehead atoms. The Hall–Kier alpha value is -4.10. The molecule has 46 heavy (non-hydrogen) atoms. The van der Waals surface area contributed by atoms with Crippen LogP contribution in [0.15, 0.2) is 66.5 Å². The third-order valence-electron chi connectivity index (χ3n) is 8.75. The Labute approximate surface area is 276 Å². The summed E-state index contributed by atoms with van der Waals surface area (Å²) in [6, 6.07) is 16.2. The van der Waals surface area contributed by atoms with E-state index in [-0.39, 0.29) is 23.6 Å². The van der Waals surface area contributed by atoms with Crippen LogP contribution in [0.3, 0.4) is 0 Å². The molecule has 1 amide bonds. The van der Waals surface area contributed by atoms with Crippen LogP contribution < -0.4 is 9.22 Å². The quantitative estimate of drug-likeness (QED) is 0.142. The summed E-state index contributed by atoms with van der Waals surface area (Å²) in [5.41, 5.74) is 0.947. The Morgan fingerprint density at radius 2 is 2.00 bits per heavy atom. The van der Waals surface area contributed by atoms with Crippen LogP contribution in [0.1, 0.15) is 33.6 Å². The number of likely N-dealkylation sites (N-methyl/N-ethyl adjacent to an activating group) is 1. The number of ether oxygens (including phenoxy) is 2. The van der Waals surface area contributed by atoms with Gasteiger partial charge in [0, 0.05) is 0 Å². The summed E-state index contributed by atoms with van der Waals surface area (Å²) in [6.45, 7) is 9.10. The number of nitriles is 1. The number of hydrogen-bond acceptors (Lipinski definition) is 8. The van der Waals surface area contributed by atoms with Crippen molar-refractivity contribution in [2.45, 2.75) is 57.8 Å². The number of benzene rings is 2. The molecule has 2 aliphatic heterocycles. The van der Waals surface area contributed by atoms with Gasteiger partial charge >= 0.3 is 240 Å². The van der Waals surface area contributed by atoms with Crippen molar-refractivity contribution < 1.29 is 18.7 Å². The van der Waals surface area contributed by atoms with Crippen molar-refractivity contribution in [2.24, 2.45) is 0 Å². The Bertz CT molecular complexity index is 1820. The van der Waals surface area contributed by atoms with Gasteiger partial charge in [0.25, 0.3) is 0 Å². The molecule has 2 fully saturated rings. The molecule has 2 atom stereocenters. The molecular weight excluding hydrogens is 648 g/mol. The van der Waals surface area contributed by atoms with Gasteiger partial charge in [-0.15, -0.1) is 0 Å². The molecule has 0 saturated carbocycles. The first-order valence-corrected chi connectivity index (χ1v) is 16.7. The van der Waals surface area contributed by atoms with Gasteiger partial charge in [0.1, 0.15) is 0 Å². The third kappa shape index (κ3) is 6.30. The zero-order valence-corrected chi connectivity index (χ0v) is 28.6. The van der Waals surface area contributed by atoms with E-state index in [2.05, 4.69) is 27.9 Å². The predicted octanol–water partition coefficient (Wildman–Crippen LogP) is 3.62. The number of para-hydroxylation sites is 1. The van der Waals surface area contributed by atoms with Crippen molar-refractivity contribution >= 4 is 38.3 Å². The third-order valence-corrected chi connectivity index (χ3v) is 9.66. The van der Waals surface area contributed by atoms with Crippen LogP contribution in [0.5, 0.6) is 11.5 Å². The van der Waals surface area contributed by atoms with Gasteiger partial charge < -0.3 is 4.74 Å². The maximum absolute atomic E-state index is 15.6. The molecule has 4 heterocycles. The average molecular weight is 686 g/mol. The molecule has 10 nitrogen and oxygen atoms in total. The van der Waals surface area contributed by atoms with Crippen molar-refractivity contribution in [1.29, 1.82) is 5.26 Å². The number of fused-ring (bicyclic) bond motifs is 1. The molecule has 2 aromatic carbocycles. The molecule has 1 unspecified atom stereocenters. The number of nitrogens with zero attached hydrogens (tertiary/aromatic N) is 7. The molecule has 2 aromatic heterocycles. The first-order chi connectivity index (χ1) is 22.2. The SMILES string of the molecule is CCN(C1COC1)C(C)(C)/C=C(/C#N)C(=O)N1CCC[C@@H]1Cn1nc(-c2ccc(Oc3ccccc3)cc2F)c2c([AsH2])ncnc21. The van der Waals surface area contributed by atoms with Gasteiger partial charge in [-0.05, 0) is 6.54 Å². The zero-order valence-electron chi connectivity index (χ0n) is 26.2. The number of amides is 1. The van der Waals surface area contributed by atoms with Crippen LogP contribution in [0.4, 0.5) is 4.39 Å². The van der Waals surface area contributed by atoms with E-state index in [0.29, 0.717) is 60.1 Å². The van der Waals surface area contributed by atoms with Crippen LogP contribution in [0, 0.1) is 17.1 Å². The number of hydrogen-bond donors (Lipinski definition) is 0. The standard InChI is InChI=1S/C34H37AsFN7O3/c1-4-42(24-19-45-20-24)34(2,3)16-22(17-37)33(44)41-14-8-9-23(41)18-43-32-29(31(35)38-21-39-32)30(40-43)27-13-12-26(15-28(27)36)46-25-10-6-5-7-11-25/h5-7,10-13,15-16,21,23-24H,4,8-9,14,18-20,35H2,1-3H3/b22-16-/t23-/m1/s1. The van der Waals surface area contributed by atoms with E-state index in [1.165, 1.54) is 29.2 Å². The van der Waals surface area contributed by atoms with Gasteiger partial charge in [0.15, 0.2) is 0 Å². The molecule has 238 valence electrons. The number of rotatable bonds is 10. The van der Waals surface area contributed by atoms with Gasteiger partial charge in [0.2, 0.25) is 0 Å². The monoisotopic (exact) mass is 685 g/mol. The summed E-state index contributed by atoms with van der Waals surface area (Å²) >= 11 is 1.29. The Balaban J connectivity index is 1.27. The second-order valence-corrected chi connectivity index (χ2v) is 13.3. The summed E-state index contributed by atoms with van der Waals surface area (Å²) < 4.78 is 29.3. The van der Waals surface area contributed by atoms with Crippen molar-refractivity contribution in [3.05, 3.63) is 72.3 Å². The van der Waals surface area contributed by atoms with Crippen molar-refractivity contribution in [2.75, 3.05) is 26.3 Å². The molecule has 0 spiro atoms. The normalized spacial score (nSPS) is 17.4. The van der Waals surface area contributed by atoms with E-state index >= 15 is 4.39 Å². The summed E-state index contributed by atoms with van der Waals surface area (Å²) in [4.78, 5) is 26.8. The van der Waals surface area contributed by atoms with Gasteiger partial charge in [-0.1, -0.05) is 6.92 Å². The number of halogens is 1. The average Bonchev–Trinajstić information content (AvgIpc) is 3.63. The fourth-order valence-electron chi connectivity index (χ4n) is 6.49. The first kappa shape index (κ1) is 31.9. The summed E-state index contributed by atoms with van der Waals surface area (Å²) in [6.07, 6.45) is 4.83. The minimum absolute atomic E-state index is 0.127. The molecular formula is C34H37AsFN7O3. The van der Waals surface area contributed by atoms with E-state index in [9.17, 15) is 10.1 Å². The van der Waals surface area contributed by atoms with E-state index in [1.54, 1.807) is 27.8 Å². The molecule has 0 radical (unpaired) electrons. The second-order valence-electron chi connectivity index (χ2n) is 12.1. The topological polar surface area (TPSA) is 109 Å². The van der Waals surface area contributed by atoms with Crippen molar-refractivity contribution in [1.82, 2.24) is 29.5 Å². The Morgan fingerprint density at radius 1 is 1.22 bits per heavy atom. The van der Waals surface area contributed by atoms with Crippen LogP contribution in [-0.4, -0.2) is 96.2 Å². The first-order valence-electron chi connectivity index (χ1n) is 15.5. The van der Waals surface area contributed by atoms with Gasteiger partial charge in [0.05, 0.1) is 19.3 Å². The molecule has 0 N–H and O–H groups in total. The Morgan fingerprint density at radius 3 is 2.67 bits per heavy atom.